The quantitative estimate of drug-likeness (QED) is 0.757. The van der Waals surface area contributed by atoms with Crippen LogP contribution in [0.2, 0.25) is 0 Å². The fourth-order valence-corrected chi connectivity index (χ4v) is 2.11. The molecule has 1 N–H and O–H groups in total. The number of nitrogens with one attached hydrogen (secondary N) is 1. The monoisotopic (exact) mass is 329 g/mol. The van der Waals surface area contributed by atoms with Crippen molar-refractivity contribution in [3.05, 3.63) is 53.6 Å². The number of benzene rings is 2. The Bertz CT molecular complexity index is 668. The van der Waals surface area contributed by atoms with Crippen molar-refractivity contribution in [2.24, 2.45) is 0 Å². The van der Waals surface area contributed by atoms with Gasteiger partial charge in [-0.25, -0.2) is 0 Å². The fraction of sp³-hybridized carbons (Fsp3) is 0.316. The normalized spacial score (nSPS) is 10.1. The average Bonchev–Trinajstić information content (AvgIpc) is 2.60. The Hall–Kier alpha value is -2.69. The van der Waals surface area contributed by atoms with Crippen molar-refractivity contribution >= 4 is 5.91 Å². The van der Waals surface area contributed by atoms with E-state index in [-0.39, 0.29) is 12.5 Å². The molecule has 0 radical (unpaired) electrons. The van der Waals surface area contributed by atoms with Crippen molar-refractivity contribution in [3.63, 3.8) is 0 Å². The Kier molecular flexibility index (Phi) is 6.49. The van der Waals surface area contributed by atoms with E-state index in [0.29, 0.717) is 13.2 Å². The molecule has 2 aromatic carbocycles. The number of aryl methyl sites for hydroxylation is 1. The highest BCUT2D eigenvalue weighted by molar-refractivity contribution is 5.77. The lowest BCUT2D eigenvalue weighted by atomic mass is 10.1. The van der Waals surface area contributed by atoms with Crippen molar-refractivity contribution in [1.82, 2.24) is 5.32 Å². The molecule has 0 aromatic heterocycles. The van der Waals surface area contributed by atoms with Crippen molar-refractivity contribution in [2.45, 2.75) is 13.8 Å². The first-order valence-corrected chi connectivity index (χ1v) is 7.82. The zero-order valence-corrected chi connectivity index (χ0v) is 14.3. The van der Waals surface area contributed by atoms with Crippen LogP contribution in [0.5, 0.6) is 17.2 Å². The number of hydrogen-bond donors (Lipinski definition) is 1. The Morgan fingerprint density at radius 2 is 1.71 bits per heavy atom. The van der Waals surface area contributed by atoms with Crippen LogP contribution in [0.1, 0.15) is 11.1 Å². The van der Waals surface area contributed by atoms with Gasteiger partial charge in [0, 0.05) is 0 Å². The topological polar surface area (TPSA) is 56.8 Å². The molecule has 5 heteroatoms. The molecule has 0 bridgehead atoms. The van der Waals surface area contributed by atoms with Gasteiger partial charge in [0.15, 0.2) is 6.61 Å². The Morgan fingerprint density at radius 1 is 1.00 bits per heavy atom. The van der Waals surface area contributed by atoms with Crippen LogP contribution >= 0.6 is 0 Å². The molecule has 0 aliphatic carbocycles. The molecular weight excluding hydrogens is 306 g/mol. The lowest BCUT2D eigenvalue weighted by Gasteiger charge is -2.11. The van der Waals surface area contributed by atoms with Gasteiger partial charge in [-0.05, 0) is 55.3 Å². The van der Waals surface area contributed by atoms with Crippen LogP contribution in [0.15, 0.2) is 42.5 Å². The standard InChI is InChI=1S/C19H23NO4/c1-14-5-4-6-18(15(14)2)24-13-19(21)20-11-12-23-17-9-7-16(22-3)8-10-17/h4-10H,11-13H2,1-3H3,(H,20,21). The lowest BCUT2D eigenvalue weighted by Crippen LogP contribution is -2.32. The first kappa shape index (κ1) is 17.7. The van der Waals surface area contributed by atoms with E-state index in [9.17, 15) is 4.79 Å². The minimum Gasteiger partial charge on any atom is -0.497 e. The molecule has 0 aliphatic heterocycles. The predicted molar refractivity (Wildman–Crippen MR) is 92.9 cm³/mol. The molecule has 0 atom stereocenters. The van der Waals surface area contributed by atoms with Crippen LogP contribution in [0, 0.1) is 13.8 Å². The van der Waals surface area contributed by atoms with Crippen LogP contribution in [0.25, 0.3) is 0 Å². The van der Waals surface area contributed by atoms with E-state index < -0.39 is 0 Å². The van der Waals surface area contributed by atoms with Gasteiger partial charge in [0.25, 0.3) is 5.91 Å². The molecule has 128 valence electrons. The Balaban J connectivity index is 1.67. The van der Waals surface area contributed by atoms with Gasteiger partial charge in [0.05, 0.1) is 13.7 Å². The SMILES string of the molecule is COc1ccc(OCCNC(=O)COc2cccc(C)c2C)cc1. The van der Waals surface area contributed by atoms with Crippen molar-refractivity contribution < 1.29 is 19.0 Å². The number of methoxy groups -OCH3 is 1. The molecule has 0 aliphatic rings. The molecule has 5 nitrogen and oxygen atoms in total. The summed E-state index contributed by atoms with van der Waals surface area (Å²) in [6, 6.07) is 13.1. The number of carbonyl (C=O) groups excluding carboxylic acids is 1. The highest BCUT2D eigenvalue weighted by Crippen LogP contribution is 2.20. The van der Waals surface area contributed by atoms with Crippen LogP contribution < -0.4 is 19.5 Å². The maximum atomic E-state index is 11.8. The van der Waals surface area contributed by atoms with E-state index in [4.69, 9.17) is 14.2 Å². The molecule has 2 aromatic rings. The average molecular weight is 329 g/mol. The second kappa shape index (κ2) is 8.82. The number of rotatable bonds is 8. The van der Waals surface area contributed by atoms with Gasteiger partial charge in [0.2, 0.25) is 0 Å². The molecular formula is C19H23NO4. The third-order valence-corrected chi connectivity index (χ3v) is 3.67. The van der Waals surface area contributed by atoms with E-state index >= 15 is 0 Å². The summed E-state index contributed by atoms with van der Waals surface area (Å²) in [7, 11) is 1.62. The summed E-state index contributed by atoms with van der Waals surface area (Å²) in [4.78, 5) is 11.8. The highest BCUT2D eigenvalue weighted by atomic mass is 16.5. The second-order valence-corrected chi connectivity index (χ2v) is 5.36. The molecule has 1 amide bonds. The van der Waals surface area contributed by atoms with Gasteiger partial charge < -0.3 is 19.5 Å². The van der Waals surface area contributed by atoms with Crippen LogP contribution in [0.4, 0.5) is 0 Å². The van der Waals surface area contributed by atoms with E-state index in [2.05, 4.69) is 5.32 Å². The van der Waals surface area contributed by atoms with Gasteiger partial charge in [-0.1, -0.05) is 12.1 Å². The first-order valence-electron chi connectivity index (χ1n) is 7.82. The number of hydrogen-bond acceptors (Lipinski definition) is 4. The zero-order valence-electron chi connectivity index (χ0n) is 14.3. The summed E-state index contributed by atoms with van der Waals surface area (Å²) in [5, 5.41) is 2.77. The second-order valence-electron chi connectivity index (χ2n) is 5.36. The summed E-state index contributed by atoms with van der Waals surface area (Å²) >= 11 is 0. The summed E-state index contributed by atoms with van der Waals surface area (Å²) in [6.07, 6.45) is 0. The van der Waals surface area contributed by atoms with Crippen LogP contribution in [-0.2, 0) is 4.79 Å². The zero-order chi connectivity index (χ0) is 17.4. The molecule has 0 spiro atoms. The van der Waals surface area contributed by atoms with Crippen molar-refractivity contribution in [3.8, 4) is 17.2 Å². The third-order valence-electron chi connectivity index (χ3n) is 3.67. The summed E-state index contributed by atoms with van der Waals surface area (Å²) in [6.45, 7) is 4.79. The predicted octanol–water partition coefficient (Wildman–Crippen LogP) is 2.89. The molecule has 0 heterocycles. The first-order chi connectivity index (χ1) is 11.6. The lowest BCUT2D eigenvalue weighted by molar-refractivity contribution is -0.123. The smallest absolute Gasteiger partial charge is 0.258 e. The van der Waals surface area contributed by atoms with E-state index in [0.717, 1.165) is 28.4 Å². The number of amides is 1. The Morgan fingerprint density at radius 3 is 2.42 bits per heavy atom. The molecule has 0 saturated heterocycles. The van der Waals surface area contributed by atoms with Crippen molar-refractivity contribution in [2.75, 3.05) is 26.9 Å². The molecule has 0 fully saturated rings. The summed E-state index contributed by atoms with van der Waals surface area (Å²) < 4.78 is 16.2. The molecule has 0 saturated carbocycles. The number of carbonyl (C=O) groups is 1. The third kappa shape index (κ3) is 5.19. The van der Waals surface area contributed by atoms with Gasteiger partial charge in [-0.3, -0.25) is 4.79 Å². The van der Waals surface area contributed by atoms with Crippen LogP contribution in [-0.4, -0.2) is 32.8 Å². The molecule has 0 unspecified atom stereocenters. The summed E-state index contributed by atoms with van der Waals surface area (Å²) in [5.41, 5.74) is 2.19. The fourth-order valence-electron chi connectivity index (χ4n) is 2.11. The van der Waals surface area contributed by atoms with Crippen molar-refractivity contribution in [1.29, 1.82) is 0 Å². The van der Waals surface area contributed by atoms with Gasteiger partial charge in [-0.15, -0.1) is 0 Å². The maximum Gasteiger partial charge on any atom is 0.258 e. The minimum atomic E-state index is -0.172. The van der Waals surface area contributed by atoms with E-state index in [1.54, 1.807) is 7.11 Å². The van der Waals surface area contributed by atoms with Gasteiger partial charge in [-0.2, -0.15) is 0 Å². The van der Waals surface area contributed by atoms with Crippen LogP contribution in [0.3, 0.4) is 0 Å². The van der Waals surface area contributed by atoms with E-state index in [1.807, 2.05) is 56.3 Å². The molecule has 2 rings (SSSR count). The largest absolute Gasteiger partial charge is 0.497 e. The number of ether oxygens (including phenoxy) is 3. The van der Waals surface area contributed by atoms with E-state index in [1.165, 1.54) is 0 Å². The minimum absolute atomic E-state index is 0.00711. The maximum absolute atomic E-state index is 11.8. The molecule has 24 heavy (non-hydrogen) atoms. The highest BCUT2D eigenvalue weighted by Gasteiger charge is 2.05. The Labute approximate surface area is 142 Å². The summed E-state index contributed by atoms with van der Waals surface area (Å²) in [5.74, 6) is 2.07. The van der Waals surface area contributed by atoms with Gasteiger partial charge >= 0.3 is 0 Å². The van der Waals surface area contributed by atoms with Gasteiger partial charge in [0.1, 0.15) is 23.9 Å².